The lowest BCUT2D eigenvalue weighted by molar-refractivity contribution is 0.0827. The van der Waals surface area contributed by atoms with E-state index in [2.05, 4.69) is 4.72 Å². The predicted molar refractivity (Wildman–Crippen MR) is 122 cm³/mol. The number of benzene rings is 3. The molecule has 0 spiro atoms. The van der Waals surface area contributed by atoms with Crippen LogP contribution in [0, 0.1) is 6.92 Å². The molecule has 3 aromatic rings. The van der Waals surface area contributed by atoms with E-state index in [0.29, 0.717) is 17.0 Å². The Morgan fingerprint density at radius 2 is 1.61 bits per heavy atom. The zero-order valence-electron chi connectivity index (χ0n) is 18.0. The Morgan fingerprint density at radius 3 is 2.19 bits per heavy atom. The molecule has 7 heteroatoms. The number of rotatable bonds is 7. The SMILES string of the molecule is Cc1cc(OC(C)c2ccccc2)ccc1NS(=O)(=O)c1ccc(C(=O)N(C)C)cc1. The van der Waals surface area contributed by atoms with Crippen molar-refractivity contribution in [2.24, 2.45) is 0 Å². The third kappa shape index (κ3) is 5.44. The first-order valence-corrected chi connectivity index (χ1v) is 11.3. The minimum Gasteiger partial charge on any atom is -0.486 e. The molecule has 0 aliphatic rings. The van der Waals surface area contributed by atoms with Crippen LogP contribution in [-0.2, 0) is 10.0 Å². The highest BCUT2D eigenvalue weighted by atomic mass is 32.2. The van der Waals surface area contributed by atoms with Gasteiger partial charge in [-0.2, -0.15) is 0 Å². The van der Waals surface area contributed by atoms with Gasteiger partial charge in [0.2, 0.25) is 0 Å². The molecule has 0 saturated heterocycles. The lowest BCUT2D eigenvalue weighted by Crippen LogP contribution is -2.21. The van der Waals surface area contributed by atoms with Gasteiger partial charge in [-0.05, 0) is 67.4 Å². The summed E-state index contributed by atoms with van der Waals surface area (Å²) in [5.74, 6) is 0.469. The lowest BCUT2D eigenvalue weighted by Gasteiger charge is -2.17. The van der Waals surface area contributed by atoms with Gasteiger partial charge in [0.15, 0.2) is 0 Å². The topological polar surface area (TPSA) is 75.7 Å². The van der Waals surface area contributed by atoms with Crippen molar-refractivity contribution in [3.63, 3.8) is 0 Å². The van der Waals surface area contributed by atoms with E-state index >= 15 is 0 Å². The molecule has 0 aromatic heterocycles. The van der Waals surface area contributed by atoms with Crippen LogP contribution in [0.4, 0.5) is 5.69 Å². The number of nitrogens with one attached hydrogen (secondary N) is 1. The summed E-state index contributed by atoms with van der Waals surface area (Å²) in [6.45, 7) is 3.78. The summed E-state index contributed by atoms with van der Waals surface area (Å²) < 4.78 is 34.2. The van der Waals surface area contributed by atoms with Gasteiger partial charge >= 0.3 is 0 Å². The van der Waals surface area contributed by atoms with Gasteiger partial charge in [0.25, 0.3) is 15.9 Å². The summed E-state index contributed by atoms with van der Waals surface area (Å²) in [5.41, 5.74) is 2.68. The summed E-state index contributed by atoms with van der Waals surface area (Å²) in [5, 5.41) is 0. The van der Waals surface area contributed by atoms with Gasteiger partial charge < -0.3 is 9.64 Å². The molecule has 1 unspecified atom stereocenters. The maximum Gasteiger partial charge on any atom is 0.261 e. The maximum absolute atomic E-state index is 12.8. The van der Waals surface area contributed by atoms with Crippen molar-refractivity contribution < 1.29 is 17.9 Å². The number of nitrogens with zero attached hydrogens (tertiary/aromatic N) is 1. The number of sulfonamides is 1. The van der Waals surface area contributed by atoms with E-state index in [1.165, 1.54) is 29.2 Å². The second-order valence-corrected chi connectivity index (χ2v) is 9.16. The Kier molecular flexibility index (Phi) is 6.65. The Balaban J connectivity index is 1.74. The van der Waals surface area contributed by atoms with Crippen LogP contribution in [0.1, 0.15) is 34.5 Å². The van der Waals surface area contributed by atoms with Crippen molar-refractivity contribution in [3.8, 4) is 5.75 Å². The maximum atomic E-state index is 12.8. The van der Waals surface area contributed by atoms with Crippen LogP contribution in [0.2, 0.25) is 0 Å². The molecule has 31 heavy (non-hydrogen) atoms. The van der Waals surface area contributed by atoms with Crippen molar-refractivity contribution in [1.82, 2.24) is 4.90 Å². The predicted octanol–water partition coefficient (Wildman–Crippen LogP) is 4.64. The van der Waals surface area contributed by atoms with Crippen LogP contribution >= 0.6 is 0 Å². The minimum absolute atomic E-state index is 0.0835. The molecule has 1 atom stereocenters. The van der Waals surface area contributed by atoms with E-state index in [9.17, 15) is 13.2 Å². The van der Waals surface area contributed by atoms with Gasteiger partial charge in [-0.15, -0.1) is 0 Å². The molecule has 0 radical (unpaired) electrons. The van der Waals surface area contributed by atoms with Gasteiger partial charge in [0, 0.05) is 19.7 Å². The first-order valence-electron chi connectivity index (χ1n) is 9.84. The molecule has 0 fully saturated rings. The Hall–Kier alpha value is -3.32. The van der Waals surface area contributed by atoms with Gasteiger partial charge in [0.05, 0.1) is 10.6 Å². The zero-order valence-corrected chi connectivity index (χ0v) is 18.8. The average molecular weight is 439 g/mol. The van der Waals surface area contributed by atoms with E-state index < -0.39 is 10.0 Å². The van der Waals surface area contributed by atoms with Crippen molar-refractivity contribution >= 4 is 21.6 Å². The number of aryl methyl sites for hydroxylation is 1. The molecule has 1 N–H and O–H groups in total. The van der Waals surface area contributed by atoms with Crippen molar-refractivity contribution in [3.05, 3.63) is 89.5 Å². The summed E-state index contributed by atoms with van der Waals surface area (Å²) in [4.78, 5) is 13.5. The van der Waals surface area contributed by atoms with Crippen LogP contribution in [0.15, 0.2) is 77.7 Å². The van der Waals surface area contributed by atoms with Crippen molar-refractivity contribution in [1.29, 1.82) is 0 Å². The summed E-state index contributed by atoms with van der Waals surface area (Å²) in [6, 6.07) is 21.0. The number of amides is 1. The number of hydrogen-bond donors (Lipinski definition) is 1. The van der Waals surface area contributed by atoms with Crippen LogP contribution in [0.5, 0.6) is 5.75 Å². The Labute approximate surface area is 183 Å². The molecule has 3 aromatic carbocycles. The van der Waals surface area contributed by atoms with Crippen LogP contribution in [0.25, 0.3) is 0 Å². The molecular weight excluding hydrogens is 412 g/mol. The fourth-order valence-corrected chi connectivity index (χ4v) is 4.19. The van der Waals surface area contributed by atoms with Gasteiger partial charge in [-0.1, -0.05) is 30.3 Å². The molecule has 0 aliphatic heterocycles. The minimum atomic E-state index is -3.79. The fraction of sp³-hybridized carbons (Fsp3) is 0.208. The zero-order chi connectivity index (χ0) is 22.6. The highest BCUT2D eigenvalue weighted by molar-refractivity contribution is 7.92. The van der Waals surface area contributed by atoms with Gasteiger partial charge in [-0.25, -0.2) is 8.42 Å². The molecule has 0 aliphatic carbocycles. The largest absolute Gasteiger partial charge is 0.486 e. The number of carbonyl (C=O) groups is 1. The highest BCUT2D eigenvalue weighted by Crippen LogP contribution is 2.27. The molecular formula is C24H26N2O4S. The quantitative estimate of drug-likeness (QED) is 0.583. The summed E-state index contributed by atoms with van der Waals surface area (Å²) in [6.07, 6.45) is -0.133. The van der Waals surface area contributed by atoms with E-state index in [0.717, 1.165) is 11.1 Å². The van der Waals surface area contributed by atoms with E-state index in [4.69, 9.17) is 4.74 Å². The summed E-state index contributed by atoms with van der Waals surface area (Å²) >= 11 is 0. The van der Waals surface area contributed by atoms with Crippen LogP contribution in [0.3, 0.4) is 0 Å². The Morgan fingerprint density at radius 1 is 0.968 bits per heavy atom. The number of hydrogen-bond acceptors (Lipinski definition) is 4. The molecule has 162 valence electrons. The lowest BCUT2D eigenvalue weighted by atomic mass is 10.1. The van der Waals surface area contributed by atoms with Gasteiger partial charge in [0.1, 0.15) is 11.9 Å². The molecule has 0 saturated carbocycles. The van der Waals surface area contributed by atoms with Crippen LogP contribution in [-0.4, -0.2) is 33.3 Å². The van der Waals surface area contributed by atoms with Gasteiger partial charge in [-0.3, -0.25) is 9.52 Å². The first-order chi connectivity index (χ1) is 14.7. The van der Waals surface area contributed by atoms with Crippen LogP contribution < -0.4 is 9.46 Å². The second kappa shape index (κ2) is 9.22. The van der Waals surface area contributed by atoms with Crippen molar-refractivity contribution in [2.75, 3.05) is 18.8 Å². The third-order valence-electron chi connectivity index (χ3n) is 4.84. The molecule has 0 heterocycles. The molecule has 1 amide bonds. The standard InChI is InChI=1S/C24H26N2O4S/c1-17-16-21(30-18(2)19-8-6-5-7-9-19)12-15-23(17)25-31(28,29)22-13-10-20(11-14-22)24(27)26(3)4/h5-16,18,25H,1-4H3. The summed E-state index contributed by atoms with van der Waals surface area (Å²) in [7, 11) is -0.505. The average Bonchev–Trinajstić information content (AvgIpc) is 2.75. The first kappa shape index (κ1) is 22.4. The van der Waals surface area contributed by atoms with E-state index in [-0.39, 0.29) is 16.9 Å². The van der Waals surface area contributed by atoms with E-state index in [1.54, 1.807) is 32.3 Å². The number of carbonyl (C=O) groups excluding carboxylic acids is 1. The molecule has 0 bridgehead atoms. The fourth-order valence-electron chi connectivity index (χ4n) is 3.06. The monoisotopic (exact) mass is 438 g/mol. The number of anilines is 1. The molecule has 6 nitrogen and oxygen atoms in total. The smallest absolute Gasteiger partial charge is 0.261 e. The normalized spacial score (nSPS) is 12.1. The highest BCUT2D eigenvalue weighted by Gasteiger charge is 2.17. The third-order valence-corrected chi connectivity index (χ3v) is 6.22. The Bertz CT molecular complexity index is 1160. The van der Waals surface area contributed by atoms with Crippen molar-refractivity contribution in [2.45, 2.75) is 24.8 Å². The second-order valence-electron chi connectivity index (χ2n) is 7.48. The number of ether oxygens (including phenoxy) is 1. The van der Waals surface area contributed by atoms with E-state index in [1.807, 2.05) is 44.2 Å². The molecule has 3 rings (SSSR count).